The topological polar surface area (TPSA) is 29.3 Å². The van der Waals surface area contributed by atoms with E-state index in [0.29, 0.717) is 12.0 Å². The van der Waals surface area contributed by atoms with Gasteiger partial charge in [0, 0.05) is 24.8 Å². The van der Waals surface area contributed by atoms with Crippen LogP contribution in [0.1, 0.15) is 39.7 Å². The number of nitrogens with zero attached hydrogens (tertiary/aromatic N) is 1. The molecule has 0 bridgehead atoms. The molecular formula is C16H26N2. The van der Waals surface area contributed by atoms with E-state index in [2.05, 4.69) is 56.9 Å². The van der Waals surface area contributed by atoms with E-state index in [0.717, 1.165) is 19.5 Å². The normalized spacial score (nSPS) is 25.3. The molecule has 2 rings (SSSR count). The monoisotopic (exact) mass is 246 g/mol. The van der Waals surface area contributed by atoms with Gasteiger partial charge < -0.3 is 10.6 Å². The summed E-state index contributed by atoms with van der Waals surface area (Å²) in [5.74, 6) is 0.584. The van der Waals surface area contributed by atoms with Crippen molar-refractivity contribution < 1.29 is 0 Å². The van der Waals surface area contributed by atoms with Gasteiger partial charge in [0.05, 0.1) is 0 Å². The fourth-order valence-electron chi connectivity index (χ4n) is 2.57. The van der Waals surface area contributed by atoms with Crippen molar-refractivity contribution in [3.8, 4) is 0 Å². The minimum absolute atomic E-state index is 0.232. The Morgan fingerprint density at radius 1 is 1.17 bits per heavy atom. The lowest BCUT2D eigenvalue weighted by molar-refractivity contribution is 0.383. The maximum absolute atomic E-state index is 6.07. The van der Waals surface area contributed by atoms with Gasteiger partial charge in [-0.2, -0.15) is 0 Å². The average Bonchev–Trinajstić information content (AvgIpc) is 2.32. The maximum atomic E-state index is 6.07. The van der Waals surface area contributed by atoms with Crippen LogP contribution in [0.2, 0.25) is 0 Å². The van der Waals surface area contributed by atoms with E-state index >= 15 is 0 Å². The van der Waals surface area contributed by atoms with Crippen LogP contribution in [0, 0.1) is 5.92 Å². The molecule has 1 aliphatic heterocycles. The third-order valence-corrected chi connectivity index (χ3v) is 4.07. The van der Waals surface area contributed by atoms with Crippen LogP contribution in [-0.4, -0.2) is 19.1 Å². The summed E-state index contributed by atoms with van der Waals surface area (Å²) in [4.78, 5) is 2.46. The molecule has 2 atom stereocenters. The Morgan fingerprint density at radius 3 is 2.28 bits per heavy atom. The van der Waals surface area contributed by atoms with Gasteiger partial charge >= 0.3 is 0 Å². The first-order valence-corrected chi connectivity index (χ1v) is 6.99. The SMILES string of the molecule is CC1CN(c2ccc(C(C)(C)C)cc2)CCC1N. The highest BCUT2D eigenvalue weighted by Gasteiger charge is 2.23. The number of nitrogens with two attached hydrogens (primary N) is 1. The second-order valence-electron chi connectivity index (χ2n) is 6.67. The molecule has 2 nitrogen and oxygen atoms in total. The summed E-state index contributed by atoms with van der Waals surface area (Å²) in [5, 5.41) is 0. The van der Waals surface area contributed by atoms with Crippen molar-refractivity contribution in [3.05, 3.63) is 29.8 Å². The first-order valence-electron chi connectivity index (χ1n) is 6.99. The lowest BCUT2D eigenvalue weighted by Crippen LogP contribution is -2.45. The number of hydrogen-bond acceptors (Lipinski definition) is 2. The molecular weight excluding hydrogens is 220 g/mol. The summed E-state index contributed by atoms with van der Waals surface area (Å²) in [6.07, 6.45) is 1.10. The molecule has 0 radical (unpaired) electrons. The van der Waals surface area contributed by atoms with Gasteiger partial charge in [-0.25, -0.2) is 0 Å². The number of benzene rings is 1. The highest BCUT2D eigenvalue weighted by Crippen LogP contribution is 2.27. The quantitative estimate of drug-likeness (QED) is 0.824. The standard InChI is InChI=1S/C16H26N2/c1-12-11-18(10-9-15(12)17)14-7-5-13(6-8-14)16(2,3)4/h5-8,12,15H,9-11,17H2,1-4H3. The molecule has 18 heavy (non-hydrogen) atoms. The number of anilines is 1. The second-order valence-corrected chi connectivity index (χ2v) is 6.67. The highest BCUT2D eigenvalue weighted by molar-refractivity contribution is 5.49. The van der Waals surface area contributed by atoms with Crippen molar-refractivity contribution in [2.24, 2.45) is 11.7 Å². The molecule has 0 aliphatic carbocycles. The molecule has 1 aromatic rings. The summed E-state index contributed by atoms with van der Waals surface area (Å²) < 4.78 is 0. The minimum Gasteiger partial charge on any atom is -0.371 e. The Labute approximate surface area is 111 Å². The van der Waals surface area contributed by atoms with E-state index in [1.165, 1.54) is 11.3 Å². The molecule has 1 aliphatic rings. The lowest BCUT2D eigenvalue weighted by atomic mass is 9.87. The van der Waals surface area contributed by atoms with E-state index in [1.807, 2.05) is 0 Å². The first-order chi connectivity index (χ1) is 8.38. The summed E-state index contributed by atoms with van der Waals surface area (Å²) in [7, 11) is 0. The van der Waals surface area contributed by atoms with Crippen LogP contribution in [0.15, 0.2) is 24.3 Å². The molecule has 0 aromatic heterocycles. The third-order valence-electron chi connectivity index (χ3n) is 4.07. The molecule has 0 spiro atoms. The zero-order valence-corrected chi connectivity index (χ0v) is 12.1. The van der Waals surface area contributed by atoms with E-state index in [1.54, 1.807) is 0 Å². The van der Waals surface area contributed by atoms with E-state index in [-0.39, 0.29) is 5.41 Å². The third kappa shape index (κ3) is 2.86. The predicted octanol–water partition coefficient (Wildman–Crippen LogP) is 3.16. The second kappa shape index (κ2) is 4.93. The van der Waals surface area contributed by atoms with Gasteiger partial charge in [-0.3, -0.25) is 0 Å². The fourth-order valence-corrected chi connectivity index (χ4v) is 2.57. The zero-order valence-electron chi connectivity index (χ0n) is 12.1. The molecule has 1 fully saturated rings. The Morgan fingerprint density at radius 2 is 1.78 bits per heavy atom. The number of hydrogen-bond donors (Lipinski definition) is 1. The van der Waals surface area contributed by atoms with Crippen LogP contribution in [-0.2, 0) is 5.41 Å². The summed E-state index contributed by atoms with van der Waals surface area (Å²) in [5.41, 5.74) is 9.04. The van der Waals surface area contributed by atoms with E-state index in [9.17, 15) is 0 Å². The molecule has 0 amide bonds. The van der Waals surface area contributed by atoms with Crippen LogP contribution in [0.5, 0.6) is 0 Å². The van der Waals surface area contributed by atoms with Crippen LogP contribution in [0.4, 0.5) is 5.69 Å². The molecule has 2 unspecified atom stereocenters. The van der Waals surface area contributed by atoms with Crippen molar-refractivity contribution >= 4 is 5.69 Å². The van der Waals surface area contributed by atoms with Gasteiger partial charge in [0.2, 0.25) is 0 Å². The molecule has 1 heterocycles. The zero-order chi connectivity index (χ0) is 13.3. The van der Waals surface area contributed by atoms with Crippen LogP contribution in [0.25, 0.3) is 0 Å². The molecule has 1 aromatic carbocycles. The van der Waals surface area contributed by atoms with Crippen molar-refractivity contribution in [3.63, 3.8) is 0 Å². The smallest absolute Gasteiger partial charge is 0.0366 e. The molecule has 2 heteroatoms. The van der Waals surface area contributed by atoms with Gasteiger partial charge in [0.25, 0.3) is 0 Å². The van der Waals surface area contributed by atoms with Crippen LogP contribution >= 0.6 is 0 Å². The number of rotatable bonds is 1. The Kier molecular flexibility index (Phi) is 3.67. The van der Waals surface area contributed by atoms with E-state index in [4.69, 9.17) is 5.73 Å². The van der Waals surface area contributed by atoms with Gasteiger partial charge in [-0.1, -0.05) is 39.8 Å². The summed E-state index contributed by atoms with van der Waals surface area (Å²) in [6, 6.07) is 9.40. The predicted molar refractivity (Wildman–Crippen MR) is 79.1 cm³/mol. The highest BCUT2D eigenvalue weighted by atomic mass is 15.1. The van der Waals surface area contributed by atoms with Crippen molar-refractivity contribution in [2.75, 3.05) is 18.0 Å². The lowest BCUT2D eigenvalue weighted by Gasteiger charge is -2.36. The Hall–Kier alpha value is -1.02. The van der Waals surface area contributed by atoms with Gasteiger partial charge in [-0.05, 0) is 35.4 Å². The van der Waals surface area contributed by atoms with Crippen LogP contribution < -0.4 is 10.6 Å². The summed E-state index contributed by atoms with van der Waals surface area (Å²) in [6.45, 7) is 11.2. The van der Waals surface area contributed by atoms with Crippen molar-refractivity contribution in [2.45, 2.75) is 45.6 Å². The average molecular weight is 246 g/mol. The van der Waals surface area contributed by atoms with Crippen molar-refractivity contribution in [1.29, 1.82) is 0 Å². The van der Waals surface area contributed by atoms with Gasteiger partial charge in [-0.15, -0.1) is 0 Å². The van der Waals surface area contributed by atoms with Gasteiger partial charge in [0.1, 0.15) is 0 Å². The maximum Gasteiger partial charge on any atom is 0.0366 e. The molecule has 100 valence electrons. The minimum atomic E-state index is 0.232. The molecule has 2 N–H and O–H groups in total. The molecule has 0 saturated carbocycles. The fraction of sp³-hybridized carbons (Fsp3) is 0.625. The molecule has 1 saturated heterocycles. The van der Waals surface area contributed by atoms with Crippen molar-refractivity contribution in [1.82, 2.24) is 0 Å². The Bertz CT molecular complexity index is 389. The van der Waals surface area contributed by atoms with Gasteiger partial charge in [0.15, 0.2) is 0 Å². The first kappa shape index (κ1) is 13.4. The summed E-state index contributed by atoms with van der Waals surface area (Å²) >= 11 is 0. The largest absolute Gasteiger partial charge is 0.371 e. The van der Waals surface area contributed by atoms with E-state index < -0.39 is 0 Å². The number of piperidine rings is 1. The van der Waals surface area contributed by atoms with Crippen LogP contribution in [0.3, 0.4) is 0 Å². The Balaban J connectivity index is 2.11.